The van der Waals surface area contributed by atoms with Crippen LogP contribution in [0.2, 0.25) is 0 Å². The molecule has 1 radical (unpaired) electrons. The van der Waals surface area contributed by atoms with Crippen molar-refractivity contribution in [2.45, 2.75) is 6.92 Å². The summed E-state index contributed by atoms with van der Waals surface area (Å²) in [5, 5.41) is 0. The van der Waals surface area contributed by atoms with Crippen molar-refractivity contribution in [3.63, 3.8) is 0 Å². The van der Waals surface area contributed by atoms with Crippen LogP contribution >= 0.6 is 0 Å². The van der Waals surface area contributed by atoms with Gasteiger partial charge in [0, 0.05) is 37.6 Å². The number of para-hydroxylation sites is 1. The number of nitrogens with zero attached hydrogens (tertiary/aromatic N) is 4. The van der Waals surface area contributed by atoms with E-state index in [0.717, 1.165) is 56.3 Å². The molecule has 41 heavy (non-hydrogen) atoms. The molecule has 0 aliphatic rings. The van der Waals surface area contributed by atoms with Gasteiger partial charge in [0.15, 0.2) is 0 Å². The molecule has 4 nitrogen and oxygen atoms in total. The number of benzene rings is 4. The molecule has 0 fully saturated rings. The zero-order valence-electron chi connectivity index (χ0n) is 22.4. The minimum Gasteiger partial charge on any atom is -0.332 e. The van der Waals surface area contributed by atoms with Gasteiger partial charge in [-0.3, -0.25) is 9.97 Å². The molecule has 0 aliphatic heterocycles. The molecule has 201 valence electrons. The van der Waals surface area contributed by atoms with Gasteiger partial charge >= 0.3 is 0 Å². The van der Waals surface area contributed by atoms with Gasteiger partial charge in [0.05, 0.1) is 28.2 Å². The number of aromatic nitrogens is 4. The monoisotopic (exact) mass is 707 g/mol. The summed E-state index contributed by atoms with van der Waals surface area (Å²) < 4.78 is 2.18. The third-order valence-electron chi connectivity index (χ3n) is 6.49. The van der Waals surface area contributed by atoms with Crippen LogP contribution < -0.4 is 0 Å². The summed E-state index contributed by atoms with van der Waals surface area (Å²) in [4.78, 5) is 14.1. The van der Waals surface area contributed by atoms with E-state index in [1.54, 1.807) is 6.20 Å². The molecule has 7 rings (SSSR count). The summed E-state index contributed by atoms with van der Waals surface area (Å²) in [5.41, 5.74) is 8.98. The Kier molecular flexibility index (Phi) is 8.90. The fourth-order valence-corrected chi connectivity index (χ4v) is 4.65. The van der Waals surface area contributed by atoms with E-state index in [9.17, 15) is 0 Å². The van der Waals surface area contributed by atoms with Gasteiger partial charge in [0.1, 0.15) is 0 Å². The molecule has 0 aliphatic carbocycles. The Hall–Kier alpha value is -4.70. The molecule has 0 saturated carbocycles. The van der Waals surface area contributed by atoms with Crippen LogP contribution in [0.25, 0.3) is 50.6 Å². The molecule has 0 amide bonds. The van der Waals surface area contributed by atoms with Crippen molar-refractivity contribution in [2.24, 2.45) is 0 Å². The molecule has 3 aromatic heterocycles. The second-order valence-corrected chi connectivity index (χ2v) is 9.20. The average Bonchev–Trinajstić information content (AvgIpc) is 3.44. The summed E-state index contributed by atoms with van der Waals surface area (Å²) >= 11 is 0. The molecular weight excluding hydrogens is 681 g/mol. The quantitative estimate of drug-likeness (QED) is 0.173. The second kappa shape index (κ2) is 13.1. The Morgan fingerprint density at radius 2 is 1.24 bits per heavy atom. The maximum absolute atomic E-state index is 5.00. The van der Waals surface area contributed by atoms with Gasteiger partial charge in [-0.15, -0.1) is 71.8 Å². The third-order valence-corrected chi connectivity index (χ3v) is 6.49. The van der Waals surface area contributed by atoms with Crippen molar-refractivity contribution in [1.29, 1.82) is 0 Å². The normalized spacial score (nSPS) is 10.4. The average molecular weight is 707 g/mol. The minimum atomic E-state index is 0. The van der Waals surface area contributed by atoms with E-state index >= 15 is 0 Å². The SMILES string of the molecule is Cc1nc(-c2ccccc2)cc2nc(-c3[c-]cccc3)n(-c3ccccc3)c12.[Ir].[c-]1ccccc1-c1ccccn1. The molecule has 0 N–H and O–H groups in total. The zero-order chi connectivity index (χ0) is 27.1. The largest absolute Gasteiger partial charge is 0.332 e. The molecule has 3 heterocycles. The Bertz CT molecular complexity index is 1780. The first kappa shape index (κ1) is 27.9. The van der Waals surface area contributed by atoms with Crippen molar-refractivity contribution in [3.8, 4) is 39.6 Å². The van der Waals surface area contributed by atoms with Gasteiger partial charge in [-0.2, -0.15) is 0 Å². The number of pyridine rings is 2. The van der Waals surface area contributed by atoms with Gasteiger partial charge in [0.2, 0.25) is 0 Å². The molecule has 0 atom stereocenters. The first-order chi connectivity index (χ1) is 19.8. The number of fused-ring (bicyclic) bond motifs is 1. The molecule has 0 unspecified atom stereocenters. The van der Waals surface area contributed by atoms with Crippen LogP contribution in [0.3, 0.4) is 0 Å². The van der Waals surface area contributed by atoms with Gasteiger partial charge < -0.3 is 9.55 Å². The van der Waals surface area contributed by atoms with E-state index in [-0.39, 0.29) is 20.1 Å². The van der Waals surface area contributed by atoms with E-state index in [0.29, 0.717) is 0 Å². The molecule has 0 saturated heterocycles. The topological polar surface area (TPSA) is 43.6 Å². The summed E-state index contributed by atoms with van der Waals surface area (Å²) in [5.74, 6) is 0.872. The fraction of sp³-hybridized carbons (Fsp3) is 0.0278. The number of hydrogen-bond acceptors (Lipinski definition) is 3. The first-order valence-corrected chi connectivity index (χ1v) is 13.1. The first-order valence-electron chi connectivity index (χ1n) is 13.1. The van der Waals surface area contributed by atoms with E-state index in [1.807, 2.05) is 110 Å². The summed E-state index contributed by atoms with van der Waals surface area (Å²) in [6.45, 7) is 2.05. The van der Waals surface area contributed by atoms with Crippen LogP contribution in [0, 0.1) is 19.1 Å². The minimum absolute atomic E-state index is 0. The third kappa shape index (κ3) is 6.22. The predicted molar refractivity (Wildman–Crippen MR) is 162 cm³/mol. The Balaban J connectivity index is 0.000000218. The number of aryl methyl sites for hydroxylation is 1. The van der Waals surface area contributed by atoms with Crippen molar-refractivity contribution in [3.05, 3.63) is 157 Å². The van der Waals surface area contributed by atoms with Gasteiger partial charge in [-0.1, -0.05) is 60.7 Å². The van der Waals surface area contributed by atoms with Crippen molar-refractivity contribution in [1.82, 2.24) is 19.5 Å². The maximum Gasteiger partial charge on any atom is 0.0852 e. The van der Waals surface area contributed by atoms with Crippen LogP contribution in [0.15, 0.2) is 140 Å². The second-order valence-electron chi connectivity index (χ2n) is 9.20. The van der Waals surface area contributed by atoms with Crippen molar-refractivity contribution < 1.29 is 20.1 Å². The Morgan fingerprint density at radius 3 is 1.88 bits per heavy atom. The summed E-state index contributed by atoms with van der Waals surface area (Å²) in [6.07, 6.45) is 1.79. The standard InChI is InChI=1S/C25H18N3.C11H8N.Ir/c1-18-24-23(17-22(26-18)19-11-5-2-6-12-19)27-25(20-13-7-3-8-14-20)28(24)21-15-9-4-10-16-21;1-2-6-10(7-3-1)11-8-4-5-9-12-11;/h2-13,15-17H,1H3;1-6,8-9H;/q2*-1;. The zero-order valence-corrected chi connectivity index (χ0v) is 24.8. The van der Waals surface area contributed by atoms with E-state index in [4.69, 9.17) is 9.97 Å². The van der Waals surface area contributed by atoms with Crippen LogP contribution in [-0.2, 0) is 20.1 Å². The van der Waals surface area contributed by atoms with Crippen LogP contribution in [0.5, 0.6) is 0 Å². The van der Waals surface area contributed by atoms with Crippen molar-refractivity contribution >= 4 is 11.0 Å². The molecule has 5 heteroatoms. The molecule has 4 aromatic carbocycles. The van der Waals surface area contributed by atoms with Gasteiger partial charge in [-0.05, 0) is 36.9 Å². The Labute approximate surface area is 253 Å². The summed E-state index contributed by atoms with van der Waals surface area (Å²) in [6, 6.07) is 50.7. The maximum atomic E-state index is 5.00. The fourth-order valence-electron chi connectivity index (χ4n) is 4.65. The molecule has 7 aromatic rings. The molecular formula is C36H26IrN4-2. The smallest absolute Gasteiger partial charge is 0.0852 e. The summed E-state index contributed by atoms with van der Waals surface area (Å²) in [7, 11) is 0. The predicted octanol–water partition coefficient (Wildman–Crippen LogP) is 8.41. The van der Waals surface area contributed by atoms with E-state index < -0.39 is 0 Å². The number of imidazole rings is 1. The molecule has 0 spiro atoms. The Morgan fingerprint density at radius 1 is 0.610 bits per heavy atom. The van der Waals surface area contributed by atoms with E-state index in [1.165, 1.54) is 0 Å². The number of rotatable bonds is 4. The molecule has 0 bridgehead atoms. The van der Waals surface area contributed by atoms with E-state index in [2.05, 4.69) is 52.0 Å². The van der Waals surface area contributed by atoms with Gasteiger partial charge in [0.25, 0.3) is 0 Å². The van der Waals surface area contributed by atoms with Crippen LogP contribution in [0.4, 0.5) is 0 Å². The number of hydrogen-bond donors (Lipinski definition) is 0. The van der Waals surface area contributed by atoms with Crippen LogP contribution in [0.1, 0.15) is 5.69 Å². The van der Waals surface area contributed by atoms with Crippen LogP contribution in [-0.4, -0.2) is 19.5 Å². The van der Waals surface area contributed by atoms with Crippen molar-refractivity contribution in [2.75, 3.05) is 0 Å². The van der Waals surface area contributed by atoms with Gasteiger partial charge in [-0.25, -0.2) is 0 Å².